The van der Waals surface area contributed by atoms with Gasteiger partial charge in [0.1, 0.15) is 12.7 Å². The van der Waals surface area contributed by atoms with Crippen LogP contribution in [0.3, 0.4) is 0 Å². The number of aliphatic hydroxyl groups is 2. The van der Waals surface area contributed by atoms with Crippen molar-refractivity contribution in [2.24, 2.45) is 0 Å². The second kappa shape index (κ2) is 12.2. The summed E-state index contributed by atoms with van der Waals surface area (Å²) in [7, 11) is 0. The first-order valence-electron chi connectivity index (χ1n) is 7.77. The molecule has 0 aliphatic carbocycles. The zero-order chi connectivity index (χ0) is 17.0. The average Bonchev–Trinajstić information content (AvgIpc) is 2.44. The number of carbonyl (C=O) groups is 1. The zero-order valence-electron chi connectivity index (χ0n) is 14.3. The van der Waals surface area contributed by atoms with Gasteiger partial charge < -0.3 is 14.9 Å². The molecular weight excluding hydrogens is 280 g/mol. The predicted molar refractivity (Wildman–Crippen MR) is 89.5 cm³/mol. The maximum absolute atomic E-state index is 11.5. The van der Waals surface area contributed by atoms with E-state index >= 15 is 0 Å². The highest BCUT2D eigenvalue weighted by molar-refractivity contribution is 5.82. The number of aliphatic hydroxyl groups excluding tert-OH is 2. The van der Waals surface area contributed by atoms with Crippen molar-refractivity contribution in [2.75, 3.05) is 13.2 Å². The second-order valence-electron chi connectivity index (χ2n) is 5.87. The summed E-state index contributed by atoms with van der Waals surface area (Å²) in [6.45, 7) is 7.63. The molecule has 1 atom stereocenters. The summed E-state index contributed by atoms with van der Waals surface area (Å²) in [5, 5.41) is 17.7. The zero-order valence-corrected chi connectivity index (χ0v) is 14.3. The smallest absolute Gasteiger partial charge is 0.330 e. The topological polar surface area (TPSA) is 66.8 Å². The molecule has 0 amide bonds. The molecule has 0 aliphatic rings. The first kappa shape index (κ1) is 20.6. The number of carbonyl (C=O) groups excluding carboxylic acids is 1. The fourth-order valence-electron chi connectivity index (χ4n) is 1.78. The molecule has 0 saturated carbocycles. The molecule has 0 saturated heterocycles. The van der Waals surface area contributed by atoms with Crippen LogP contribution in [0.5, 0.6) is 0 Å². The van der Waals surface area contributed by atoms with Crippen molar-refractivity contribution in [3.63, 3.8) is 0 Å². The molecule has 0 aromatic carbocycles. The first-order valence-corrected chi connectivity index (χ1v) is 7.77. The van der Waals surface area contributed by atoms with E-state index in [0.717, 1.165) is 31.3 Å². The molecule has 0 heterocycles. The van der Waals surface area contributed by atoms with Gasteiger partial charge in [-0.25, -0.2) is 4.79 Å². The van der Waals surface area contributed by atoms with Crippen molar-refractivity contribution in [3.8, 4) is 0 Å². The van der Waals surface area contributed by atoms with Crippen LogP contribution in [0, 0.1) is 0 Å². The van der Waals surface area contributed by atoms with Gasteiger partial charge in [-0.3, -0.25) is 0 Å². The van der Waals surface area contributed by atoms with E-state index in [1.165, 1.54) is 17.2 Å². The molecule has 22 heavy (non-hydrogen) atoms. The van der Waals surface area contributed by atoms with Crippen LogP contribution in [0.4, 0.5) is 0 Å². The minimum absolute atomic E-state index is 0.178. The van der Waals surface area contributed by atoms with Crippen molar-refractivity contribution in [1.82, 2.24) is 0 Å². The maximum atomic E-state index is 11.5. The maximum Gasteiger partial charge on any atom is 0.330 e. The number of hydrogen-bond donors (Lipinski definition) is 2. The minimum atomic E-state index is -1.01. The molecule has 0 aliphatic heterocycles. The molecule has 126 valence electrons. The minimum Gasteiger partial charge on any atom is -0.460 e. The van der Waals surface area contributed by atoms with Gasteiger partial charge in [-0.05, 0) is 53.4 Å². The van der Waals surface area contributed by atoms with E-state index < -0.39 is 18.7 Å². The van der Waals surface area contributed by atoms with E-state index in [1.54, 1.807) is 0 Å². The van der Waals surface area contributed by atoms with Gasteiger partial charge in [0, 0.05) is 6.08 Å². The largest absolute Gasteiger partial charge is 0.460 e. The Morgan fingerprint density at radius 2 is 1.64 bits per heavy atom. The molecule has 0 aromatic rings. The summed E-state index contributed by atoms with van der Waals surface area (Å²) in [5.41, 5.74) is 3.65. The fraction of sp³-hybridized carbons (Fsp3) is 0.611. The van der Waals surface area contributed by atoms with E-state index in [9.17, 15) is 4.79 Å². The summed E-state index contributed by atoms with van der Waals surface area (Å²) in [5.74, 6) is -0.478. The monoisotopic (exact) mass is 310 g/mol. The van der Waals surface area contributed by atoms with Gasteiger partial charge in [0.15, 0.2) is 0 Å². The number of esters is 1. The third-order valence-electron chi connectivity index (χ3n) is 3.12. The molecule has 0 fully saturated rings. The molecule has 0 radical (unpaired) electrons. The van der Waals surface area contributed by atoms with Crippen LogP contribution in [0.2, 0.25) is 0 Å². The van der Waals surface area contributed by atoms with Gasteiger partial charge in [-0.1, -0.05) is 28.9 Å². The number of allylic oxidation sites excluding steroid dienone is 5. The first-order chi connectivity index (χ1) is 10.3. The van der Waals surface area contributed by atoms with Crippen molar-refractivity contribution in [3.05, 3.63) is 34.9 Å². The lowest BCUT2D eigenvalue weighted by Crippen LogP contribution is -2.21. The van der Waals surface area contributed by atoms with Crippen LogP contribution in [0.1, 0.15) is 53.4 Å². The Morgan fingerprint density at radius 3 is 2.23 bits per heavy atom. The van der Waals surface area contributed by atoms with Gasteiger partial charge in [-0.2, -0.15) is 0 Å². The van der Waals surface area contributed by atoms with Crippen LogP contribution in [0.15, 0.2) is 34.9 Å². The van der Waals surface area contributed by atoms with Crippen LogP contribution in [0.25, 0.3) is 0 Å². The Morgan fingerprint density at radius 1 is 1.05 bits per heavy atom. The predicted octanol–water partition coefficient (Wildman–Crippen LogP) is 3.30. The lowest BCUT2D eigenvalue weighted by Gasteiger charge is -2.07. The van der Waals surface area contributed by atoms with E-state index in [0.29, 0.717) is 0 Å². The molecule has 4 nitrogen and oxygen atoms in total. The van der Waals surface area contributed by atoms with E-state index in [2.05, 4.69) is 32.9 Å². The fourth-order valence-corrected chi connectivity index (χ4v) is 1.78. The van der Waals surface area contributed by atoms with Crippen LogP contribution in [-0.2, 0) is 9.53 Å². The van der Waals surface area contributed by atoms with Crippen LogP contribution >= 0.6 is 0 Å². The molecular formula is C18H30O4. The van der Waals surface area contributed by atoms with Crippen LogP contribution in [-0.4, -0.2) is 35.5 Å². The highest BCUT2D eigenvalue weighted by Gasteiger charge is 2.05. The Hall–Kier alpha value is -1.39. The van der Waals surface area contributed by atoms with Gasteiger partial charge in [0.2, 0.25) is 0 Å². The molecule has 4 heteroatoms. The summed E-state index contributed by atoms with van der Waals surface area (Å²) in [6.07, 6.45) is 8.71. The van der Waals surface area contributed by atoms with E-state index in [1.807, 2.05) is 6.92 Å². The van der Waals surface area contributed by atoms with Crippen LogP contribution < -0.4 is 0 Å². The van der Waals surface area contributed by atoms with Crippen molar-refractivity contribution in [2.45, 2.75) is 59.5 Å². The summed E-state index contributed by atoms with van der Waals surface area (Å²) in [4.78, 5) is 11.5. The second-order valence-corrected chi connectivity index (χ2v) is 5.87. The third-order valence-corrected chi connectivity index (χ3v) is 3.12. The molecule has 0 rings (SSSR count). The van der Waals surface area contributed by atoms with Gasteiger partial charge >= 0.3 is 5.97 Å². The normalized spacial score (nSPS) is 13.7. The summed E-state index contributed by atoms with van der Waals surface area (Å²) >= 11 is 0. The standard InChI is InChI=1S/C18H30O4/c1-14(2)7-5-8-15(3)9-6-10-16(4)11-18(21)22-13-17(20)12-19/h7,9,11,17,19-20H,5-6,8,10,12-13H2,1-4H3/b15-9+,16-11+. The Bertz CT molecular complexity index is 415. The SMILES string of the molecule is CC(C)=CCC/C(C)=C/CC/C(C)=C/C(=O)OCC(O)CO. The number of ether oxygens (including phenoxy) is 1. The summed E-state index contributed by atoms with van der Waals surface area (Å²) < 4.78 is 4.82. The quantitative estimate of drug-likeness (QED) is 0.369. The lowest BCUT2D eigenvalue weighted by atomic mass is 10.1. The number of hydrogen-bond acceptors (Lipinski definition) is 4. The Balaban J connectivity index is 4.05. The molecule has 0 aromatic heterocycles. The van der Waals surface area contributed by atoms with Gasteiger partial charge in [0.25, 0.3) is 0 Å². The van der Waals surface area contributed by atoms with E-state index in [-0.39, 0.29) is 6.61 Å². The van der Waals surface area contributed by atoms with Crippen molar-refractivity contribution >= 4 is 5.97 Å². The molecule has 2 N–H and O–H groups in total. The third kappa shape index (κ3) is 12.4. The highest BCUT2D eigenvalue weighted by atomic mass is 16.5. The number of rotatable bonds is 10. The molecule has 0 bridgehead atoms. The average molecular weight is 310 g/mol. The van der Waals surface area contributed by atoms with E-state index in [4.69, 9.17) is 14.9 Å². The van der Waals surface area contributed by atoms with Gasteiger partial charge in [0.05, 0.1) is 6.61 Å². The van der Waals surface area contributed by atoms with Crippen molar-refractivity contribution < 1.29 is 19.7 Å². The van der Waals surface area contributed by atoms with Crippen molar-refractivity contribution in [1.29, 1.82) is 0 Å². The molecule has 1 unspecified atom stereocenters. The Labute approximate surface area is 134 Å². The van der Waals surface area contributed by atoms with Gasteiger partial charge in [-0.15, -0.1) is 0 Å². The Kier molecular flexibility index (Phi) is 11.4. The summed E-state index contributed by atoms with van der Waals surface area (Å²) in [6, 6.07) is 0. The molecule has 0 spiro atoms. The lowest BCUT2D eigenvalue weighted by molar-refractivity contribution is -0.141. The highest BCUT2D eigenvalue weighted by Crippen LogP contribution is 2.11.